The predicted octanol–water partition coefficient (Wildman–Crippen LogP) is 4.02. The standard InChI is InChI=1S/C25H32N4/c1-3-8-24-21(6-1)10-11-22-7-2-4-9-25(22)29(24)15-5-14-28-16-12-20(13-17-28)23-18-26-19-27-23/h1-4,6-9,18,20,26-27H,5,10-17,19H2. The van der Waals surface area contributed by atoms with E-state index in [1.807, 2.05) is 0 Å². The Morgan fingerprint density at radius 3 is 2.10 bits per heavy atom. The van der Waals surface area contributed by atoms with Gasteiger partial charge in [0.1, 0.15) is 0 Å². The van der Waals surface area contributed by atoms with Gasteiger partial charge in [0, 0.05) is 35.7 Å². The maximum absolute atomic E-state index is 3.48. The summed E-state index contributed by atoms with van der Waals surface area (Å²) in [5, 5.41) is 6.76. The molecular formula is C25H32N4. The van der Waals surface area contributed by atoms with Gasteiger partial charge in [0.05, 0.1) is 6.67 Å². The van der Waals surface area contributed by atoms with Crippen molar-refractivity contribution in [1.29, 1.82) is 0 Å². The third kappa shape index (κ3) is 3.99. The van der Waals surface area contributed by atoms with Crippen molar-refractivity contribution in [1.82, 2.24) is 15.5 Å². The molecule has 4 heteroatoms. The van der Waals surface area contributed by atoms with Crippen molar-refractivity contribution < 1.29 is 0 Å². The van der Waals surface area contributed by atoms with Crippen LogP contribution in [-0.4, -0.2) is 37.7 Å². The number of nitrogens with one attached hydrogen (secondary N) is 2. The molecule has 5 rings (SSSR count). The van der Waals surface area contributed by atoms with Crippen molar-refractivity contribution in [2.45, 2.75) is 32.1 Å². The SMILES string of the molecule is C1=C(C2CCN(CCCN3c4ccccc4CCc4ccccc43)CC2)NCN1. The molecule has 1 fully saturated rings. The lowest BCUT2D eigenvalue weighted by atomic mass is 9.94. The average molecular weight is 389 g/mol. The molecule has 0 bridgehead atoms. The third-order valence-corrected chi connectivity index (χ3v) is 6.76. The summed E-state index contributed by atoms with van der Waals surface area (Å²) in [7, 11) is 0. The van der Waals surface area contributed by atoms with Crippen LogP contribution in [0.15, 0.2) is 60.4 Å². The fraction of sp³-hybridized carbons (Fsp3) is 0.440. The van der Waals surface area contributed by atoms with Gasteiger partial charge in [-0.2, -0.15) is 0 Å². The lowest BCUT2D eigenvalue weighted by Gasteiger charge is -2.33. The van der Waals surface area contributed by atoms with Crippen molar-refractivity contribution in [2.24, 2.45) is 5.92 Å². The highest BCUT2D eigenvalue weighted by molar-refractivity contribution is 5.71. The molecule has 29 heavy (non-hydrogen) atoms. The van der Waals surface area contributed by atoms with Gasteiger partial charge in [-0.3, -0.25) is 0 Å². The molecule has 0 atom stereocenters. The second kappa shape index (κ2) is 8.50. The fourth-order valence-corrected chi connectivity index (χ4v) is 5.16. The highest BCUT2D eigenvalue weighted by atomic mass is 15.2. The summed E-state index contributed by atoms with van der Waals surface area (Å²) in [5.41, 5.74) is 7.19. The largest absolute Gasteiger partial charge is 0.372 e. The van der Waals surface area contributed by atoms with Gasteiger partial charge in [-0.1, -0.05) is 36.4 Å². The third-order valence-electron chi connectivity index (χ3n) is 6.76. The molecular weight excluding hydrogens is 356 g/mol. The van der Waals surface area contributed by atoms with Crippen LogP contribution >= 0.6 is 0 Å². The first-order valence-corrected chi connectivity index (χ1v) is 11.2. The highest BCUT2D eigenvalue weighted by Crippen LogP contribution is 2.36. The molecule has 0 aliphatic carbocycles. The maximum Gasteiger partial charge on any atom is 0.0843 e. The van der Waals surface area contributed by atoms with Crippen molar-refractivity contribution in [2.75, 3.05) is 37.7 Å². The number of rotatable bonds is 5. The van der Waals surface area contributed by atoms with E-state index in [9.17, 15) is 0 Å². The number of aryl methyl sites for hydroxylation is 2. The monoisotopic (exact) mass is 388 g/mol. The van der Waals surface area contributed by atoms with Gasteiger partial charge in [0.25, 0.3) is 0 Å². The van der Waals surface area contributed by atoms with E-state index in [0.29, 0.717) is 5.92 Å². The first-order valence-electron chi connectivity index (χ1n) is 11.2. The molecule has 3 aliphatic heterocycles. The molecule has 3 aliphatic rings. The number of hydrogen-bond acceptors (Lipinski definition) is 4. The van der Waals surface area contributed by atoms with Gasteiger partial charge in [-0.25, -0.2) is 0 Å². The van der Waals surface area contributed by atoms with E-state index in [0.717, 1.165) is 26.1 Å². The lowest BCUT2D eigenvalue weighted by molar-refractivity contribution is 0.195. The van der Waals surface area contributed by atoms with E-state index in [1.165, 1.54) is 67.1 Å². The van der Waals surface area contributed by atoms with Gasteiger partial charge >= 0.3 is 0 Å². The molecule has 0 radical (unpaired) electrons. The zero-order valence-corrected chi connectivity index (χ0v) is 17.2. The molecule has 152 valence electrons. The van der Waals surface area contributed by atoms with E-state index in [-0.39, 0.29) is 0 Å². The quantitative estimate of drug-likeness (QED) is 0.810. The lowest BCUT2D eigenvalue weighted by Crippen LogP contribution is -2.37. The summed E-state index contributed by atoms with van der Waals surface area (Å²) in [4.78, 5) is 5.23. The number of fused-ring (bicyclic) bond motifs is 2. The van der Waals surface area contributed by atoms with Crippen molar-refractivity contribution in [3.05, 3.63) is 71.6 Å². The van der Waals surface area contributed by atoms with Crippen molar-refractivity contribution in [3.63, 3.8) is 0 Å². The van der Waals surface area contributed by atoms with E-state index in [1.54, 1.807) is 0 Å². The minimum atomic E-state index is 0.714. The van der Waals surface area contributed by atoms with Gasteiger partial charge in [0.2, 0.25) is 0 Å². The van der Waals surface area contributed by atoms with Gasteiger partial charge in [-0.15, -0.1) is 0 Å². The Hall–Kier alpha value is -2.46. The Kier molecular flexibility index (Phi) is 5.44. The molecule has 2 aromatic carbocycles. The van der Waals surface area contributed by atoms with Crippen LogP contribution in [-0.2, 0) is 12.8 Å². The Labute approximate surface area is 174 Å². The van der Waals surface area contributed by atoms with Crippen molar-refractivity contribution >= 4 is 11.4 Å². The predicted molar refractivity (Wildman–Crippen MR) is 120 cm³/mol. The Bertz CT molecular complexity index is 819. The van der Waals surface area contributed by atoms with E-state index < -0.39 is 0 Å². The number of likely N-dealkylation sites (tertiary alicyclic amines) is 1. The summed E-state index contributed by atoms with van der Waals surface area (Å²) in [5.74, 6) is 0.714. The molecule has 1 saturated heterocycles. The topological polar surface area (TPSA) is 30.5 Å². The molecule has 0 spiro atoms. The molecule has 2 aromatic rings. The summed E-state index contributed by atoms with van der Waals surface area (Å²) >= 11 is 0. The minimum absolute atomic E-state index is 0.714. The number of allylic oxidation sites excluding steroid dienone is 1. The van der Waals surface area contributed by atoms with Crippen LogP contribution in [0.5, 0.6) is 0 Å². The zero-order chi connectivity index (χ0) is 19.5. The van der Waals surface area contributed by atoms with Crippen LogP contribution in [0.4, 0.5) is 11.4 Å². The molecule has 0 amide bonds. The fourth-order valence-electron chi connectivity index (χ4n) is 5.16. The molecule has 0 saturated carbocycles. The van der Waals surface area contributed by atoms with E-state index in [2.05, 4.69) is 75.2 Å². The van der Waals surface area contributed by atoms with Crippen LogP contribution in [0.25, 0.3) is 0 Å². The van der Waals surface area contributed by atoms with Crippen LogP contribution in [0.2, 0.25) is 0 Å². The number of piperidine rings is 1. The molecule has 0 aromatic heterocycles. The average Bonchev–Trinajstić information content (AvgIpc) is 3.26. The van der Waals surface area contributed by atoms with Gasteiger partial charge in [0.15, 0.2) is 0 Å². The van der Waals surface area contributed by atoms with Gasteiger partial charge < -0.3 is 20.4 Å². The second-order valence-electron chi connectivity index (χ2n) is 8.54. The normalized spacial score (nSPS) is 19.6. The van der Waals surface area contributed by atoms with Crippen LogP contribution in [0.1, 0.15) is 30.4 Å². The van der Waals surface area contributed by atoms with Crippen LogP contribution < -0.4 is 15.5 Å². The minimum Gasteiger partial charge on any atom is -0.372 e. The van der Waals surface area contributed by atoms with Crippen LogP contribution in [0, 0.1) is 5.92 Å². The number of nitrogens with zero attached hydrogens (tertiary/aromatic N) is 2. The molecule has 0 unspecified atom stereocenters. The Morgan fingerprint density at radius 2 is 1.48 bits per heavy atom. The molecule has 2 N–H and O–H groups in total. The van der Waals surface area contributed by atoms with Crippen molar-refractivity contribution in [3.8, 4) is 0 Å². The molecule has 4 nitrogen and oxygen atoms in total. The number of benzene rings is 2. The van der Waals surface area contributed by atoms with Crippen LogP contribution in [0.3, 0.4) is 0 Å². The number of hydrogen-bond donors (Lipinski definition) is 2. The zero-order valence-electron chi connectivity index (χ0n) is 17.2. The first kappa shape index (κ1) is 18.6. The Balaban J connectivity index is 1.22. The number of para-hydroxylation sites is 2. The van der Waals surface area contributed by atoms with E-state index >= 15 is 0 Å². The summed E-state index contributed by atoms with van der Waals surface area (Å²) in [6.07, 6.45) is 8.20. The number of anilines is 2. The molecule has 3 heterocycles. The van der Waals surface area contributed by atoms with Gasteiger partial charge in [-0.05, 0) is 75.0 Å². The first-order chi connectivity index (χ1) is 14.4. The summed E-state index contributed by atoms with van der Waals surface area (Å²) in [6.45, 7) is 5.62. The second-order valence-corrected chi connectivity index (χ2v) is 8.54. The summed E-state index contributed by atoms with van der Waals surface area (Å²) in [6, 6.07) is 18.0. The van der Waals surface area contributed by atoms with E-state index in [4.69, 9.17) is 0 Å². The maximum atomic E-state index is 3.48. The summed E-state index contributed by atoms with van der Waals surface area (Å²) < 4.78 is 0. The Morgan fingerprint density at radius 1 is 0.828 bits per heavy atom. The smallest absolute Gasteiger partial charge is 0.0843 e. The highest BCUT2D eigenvalue weighted by Gasteiger charge is 2.24.